The van der Waals surface area contributed by atoms with Crippen LogP contribution in [-0.4, -0.2) is 96.7 Å². The predicted octanol–water partition coefficient (Wildman–Crippen LogP) is 4.58. The molecule has 3 aliphatic rings. The van der Waals surface area contributed by atoms with Crippen LogP contribution in [0.2, 0.25) is 0 Å². The standard InChI is InChI=1S/C33H41F3N8O3/c1-41-11-13-43(14-12-41)19-21-7-6-8-22(15-21)38-30(45)24-16-28(47-3)26(17-25(24)34)39-32-37-18-27-29(40-32)44(23-9-4-5-10-23)20-33(35,36)31(46)42(27)2/h6-8,15-18,23,30,38,45H,4-5,9-14,19-20H2,1-3H3,(H,37,39,40). The first-order chi connectivity index (χ1) is 22.5. The molecule has 0 radical (unpaired) electrons. The van der Waals surface area contributed by atoms with Crippen molar-refractivity contribution in [3.05, 3.63) is 59.5 Å². The molecule has 252 valence electrons. The number of ether oxygens (including phenoxy) is 1. The van der Waals surface area contributed by atoms with Gasteiger partial charge in [0.2, 0.25) is 5.95 Å². The molecule has 1 saturated heterocycles. The second-order valence-corrected chi connectivity index (χ2v) is 12.6. The summed E-state index contributed by atoms with van der Waals surface area (Å²) in [5.74, 6) is -5.22. The van der Waals surface area contributed by atoms with E-state index in [4.69, 9.17) is 4.74 Å². The Morgan fingerprint density at radius 3 is 2.57 bits per heavy atom. The smallest absolute Gasteiger partial charge is 0.342 e. The highest BCUT2D eigenvalue weighted by Gasteiger charge is 2.48. The minimum Gasteiger partial charge on any atom is -0.495 e. The molecule has 1 aromatic heterocycles. The van der Waals surface area contributed by atoms with Gasteiger partial charge in [0.15, 0.2) is 12.0 Å². The van der Waals surface area contributed by atoms with Crippen molar-refractivity contribution < 1.29 is 27.8 Å². The van der Waals surface area contributed by atoms with Gasteiger partial charge in [-0.3, -0.25) is 9.69 Å². The zero-order valence-corrected chi connectivity index (χ0v) is 26.8. The Hall–Kier alpha value is -4.14. The van der Waals surface area contributed by atoms with Crippen molar-refractivity contribution in [2.45, 2.75) is 50.4 Å². The van der Waals surface area contributed by atoms with Crippen LogP contribution in [0.3, 0.4) is 0 Å². The van der Waals surface area contributed by atoms with E-state index in [0.717, 1.165) is 62.1 Å². The number of benzene rings is 2. The Balaban J connectivity index is 1.21. The zero-order valence-electron chi connectivity index (χ0n) is 26.8. The molecule has 1 atom stereocenters. The molecule has 3 N–H and O–H groups in total. The Morgan fingerprint density at radius 2 is 1.85 bits per heavy atom. The van der Waals surface area contributed by atoms with Crippen LogP contribution in [0, 0.1) is 5.82 Å². The summed E-state index contributed by atoms with van der Waals surface area (Å²) in [4.78, 5) is 28.5. The first-order valence-corrected chi connectivity index (χ1v) is 15.9. The number of rotatable bonds is 9. The summed E-state index contributed by atoms with van der Waals surface area (Å²) < 4.78 is 51.0. The number of likely N-dealkylation sites (N-methyl/N-ethyl adjacent to an activating group) is 1. The van der Waals surface area contributed by atoms with Crippen molar-refractivity contribution in [3.8, 4) is 5.75 Å². The Labute approximate surface area is 272 Å². The normalized spacial score (nSPS) is 19.8. The van der Waals surface area contributed by atoms with Crippen molar-refractivity contribution in [2.24, 2.45) is 0 Å². The van der Waals surface area contributed by atoms with Gasteiger partial charge in [-0.2, -0.15) is 13.8 Å². The Kier molecular flexibility index (Phi) is 9.44. The number of carbonyl (C=O) groups excluding carboxylic acids is 1. The van der Waals surface area contributed by atoms with Crippen molar-refractivity contribution in [1.82, 2.24) is 19.8 Å². The largest absolute Gasteiger partial charge is 0.495 e. The number of aromatic nitrogens is 2. The van der Waals surface area contributed by atoms with Crippen molar-refractivity contribution in [1.29, 1.82) is 0 Å². The third-order valence-corrected chi connectivity index (χ3v) is 9.23. The number of amides is 1. The van der Waals surface area contributed by atoms with E-state index in [1.807, 2.05) is 24.3 Å². The number of fused-ring (bicyclic) bond motifs is 1. The maximum Gasteiger partial charge on any atom is 0.342 e. The van der Waals surface area contributed by atoms with Crippen LogP contribution in [0.25, 0.3) is 0 Å². The summed E-state index contributed by atoms with van der Waals surface area (Å²) in [6.45, 7) is 3.96. The van der Waals surface area contributed by atoms with Gasteiger partial charge >= 0.3 is 5.92 Å². The van der Waals surface area contributed by atoms with Gasteiger partial charge in [0.05, 0.1) is 25.5 Å². The molecule has 11 nitrogen and oxygen atoms in total. The maximum absolute atomic E-state index is 15.5. The number of hydrogen-bond acceptors (Lipinski definition) is 10. The molecule has 3 heterocycles. The number of aliphatic hydroxyl groups is 1. The molecule has 2 aromatic carbocycles. The fourth-order valence-electron chi connectivity index (χ4n) is 6.53. The molecule has 1 unspecified atom stereocenters. The van der Waals surface area contributed by atoms with Gasteiger partial charge in [-0.1, -0.05) is 25.0 Å². The zero-order chi connectivity index (χ0) is 33.3. The molecular formula is C33H41F3N8O3. The minimum atomic E-state index is -3.60. The monoisotopic (exact) mass is 654 g/mol. The summed E-state index contributed by atoms with van der Waals surface area (Å²) in [6.07, 6.45) is 3.14. The molecule has 2 aliphatic heterocycles. The first kappa shape index (κ1) is 32.8. The van der Waals surface area contributed by atoms with Crippen LogP contribution in [0.4, 0.5) is 42.0 Å². The van der Waals surface area contributed by atoms with Gasteiger partial charge in [-0.25, -0.2) is 9.37 Å². The topological polar surface area (TPSA) is 109 Å². The molecule has 14 heteroatoms. The number of anilines is 5. The van der Waals surface area contributed by atoms with E-state index in [1.165, 1.54) is 31.3 Å². The van der Waals surface area contributed by atoms with Gasteiger partial charge in [0.25, 0.3) is 5.91 Å². The molecule has 1 aliphatic carbocycles. The molecule has 0 spiro atoms. The summed E-state index contributed by atoms with van der Waals surface area (Å²) in [6, 6.07) is 10.0. The number of piperazine rings is 1. The average molecular weight is 655 g/mol. The van der Waals surface area contributed by atoms with Crippen LogP contribution >= 0.6 is 0 Å². The number of nitrogens with zero attached hydrogens (tertiary/aromatic N) is 6. The lowest BCUT2D eigenvalue weighted by molar-refractivity contribution is -0.140. The summed E-state index contributed by atoms with van der Waals surface area (Å²) in [5.41, 5.74) is 2.03. The van der Waals surface area contributed by atoms with Crippen molar-refractivity contribution in [2.75, 3.05) is 74.4 Å². The van der Waals surface area contributed by atoms with Gasteiger partial charge in [0.1, 0.15) is 17.3 Å². The van der Waals surface area contributed by atoms with Crippen LogP contribution < -0.4 is 25.2 Å². The number of nitrogens with one attached hydrogen (secondary N) is 2. The molecule has 3 aromatic rings. The van der Waals surface area contributed by atoms with E-state index in [9.17, 15) is 18.7 Å². The predicted molar refractivity (Wildman–Crippen MR) is 174 cm³/mol. The van der Waals surface area contributed by atoms with Crippen molar-refractivity contribution in [3.63, 3.8) is 0 Å². The van der Waals surface area contributed by atoms with Crippen LogP contribution in [0.15, 0.2) is 42.6 Å². The molecule has 47 heavy (non-hydrogen) atoms. The van der Waals surface area contributed by atoms with E-state index in [0.29, 0.717) is 18.5 Å². The van der Waals surface area contributed by atoms with E-state index in [-0.39, 0.29) is 40.5 Å². The number of aliphatic hydroxyl groups excluding tert-OH is 1. The van der Waals surface area contributed by atoms with Gasteiger partial charge in [-0.05, 0) is 43.7 Å². The summed E-state index contributed by atoms with van der Waals surface area (Å²) >= 11 is 0. The Morgan fingerprint density at radius 1 is 1.11 bits per heavy atom. The highest BCUT2D eigenvalue weighted by atomic mass is 19.3. The SMILES string of the molecule is COc1cc(C(O)Nc2cccc(CN3CCN(C)CC3)c2)c(F)cc1Nc1ncc2c(n1)N(C1CCCC1)CC(F)(F)C(=O)N2C. The van der Waals surface area contributed by atoms with Crippen LogP contribution in [0.1, 0.15) is 43.0 Å². The lowest BCUT2D eigenvalue weighted by atomic mass is 10.1. The molecule has 1 amide bonds. The first-order valence-electron chi connectivity index (χ1n) is 15.9. The van der Waals surface area contributed by atoms with Gasteiger partial charge in [0, 0.05) is 63.1 Å². The lowest BCUT2D eigenvalue weighted by Gasteiger charge is -2.32. The number of methoxy groups -OCH3 is 1. The second-order valence-electron chi connectivity index (χ2n) is 12.6. The van der Waals surface area contributed by atoms with Crippen molar-refractivity contribution >= 4 is 34.7 Å². The minimum absolute atomic E-state index is 0.0131. The van der Waals surface area contributed by atoms with E-state index < -0.39 is 30.4 Å². The fourth-order valence-corrected chi connectivity index (χ4v) is 6.53. The number of alkyl halides is 2. The van der Waals surface area contributed by atoms with E-state index in [2.05, 4.69) is 37.4 Å². The van der Waals surface area contributed by atoms with E-state index in [1.54, 1.807) is 0 Å². The third kappa shape index (κ3) is 7.09. The summed E-state index contributed by atoms with van der Waals surface area (Å²) in [5, 5.41) is 16.9. The van der Waals surface area contributed by atoms with Gasteiger partial charge in [-0.15, -0.1) is 0 Å². The highest BCUT2D eigenvalue weighted by molar-refractivity contribution is 6.02. The molecular weight excluding hydrogens is 613 g/mol. The van der Waals surface area contributed by atoms with Crippen LogP contribution in [-0.2, 0) is 11.3 Å². The number of hydrogen-bond donors (Lipinski definition) is 3. The van der Waals surface area contributed by atoms with Gasteiger partial charge < -0.3 is 35.2 Å². The lowest BCUT2D eigenvalue weighted by Crippen LogP contribution is -2.48. The fraction of sp³-hybridized carbons (Fsp3) is 0.485. The second kappa shape index (κ2) is 13.5. The number of halogens is 3. The molecule has 0 bridgehead atoms. The quantitative estimate of drug-likeness (QED) is 0.284. The molecule has 2 fully saturated rings. The number of carbonyl (C=O) groups is 1. The van der Waals surface area contributed by atoms with E-state index >= 15 is 4.39 Å². The maximum atomic E-state index is 15.5. The Bertz CT molecular complexity index is 1600. The highest BCUT2D eigenvalue weighted by Crippen LogP contribution is 2.40. The van der Waals surface area contributed by atoms with Crippen LogP contribution in [0.5, 0.6) is 5.75 Å². The molecule has 1 saturated carbocycles. The molecule has 6 rings (SSSR count). The summed E-state index contributed by atoms with van der Waals surface area (Å²) in [7, 11) is 4.80. The average Bonchev–Trinajstić information content (AvgIpc) is 3.57. The third-order valence-electron chi connectivity index (χ3n) is 9.23.